The number of aliphatic hydroxyl groups excluding tert-OH is 1. The van der Waals surface area contributed by atoms with Gasteiger partial charge in [-0.25, -0.2) is 9.79 Å². The van der Waals surface area contributed by atoms with Crippen LogP contribution in [0.4, 0.5) is 10.5 Å². The number of thioether (sulfide) groups is 1. The molecule has 0 aliphatic rings. The molecule has 32 heavy (non-hydrogen) atoms. The highest BCUT2D eigenvalue weighted by atomic mass is 32.2. The molecule has 0 saturated carbocycles. The summed E-state index contributed by atoms with van der Waals surface area (Å²) in [5.74, 6) is 1.47. The third-order valence-corrected chi connectivity index (χ3v) is 4.89. The average Bonchev–Trinajstić information content (AvgIpc) is 3.22. The maximum absolute atomic E-state index is 11.3. The fraction of sp³-hybridized carbons (Fsp3) is 0.227. The number of hydrogen-bond acceptors (Lipinski definition) is 8. The van der Waals surface area contributed by atoms with Crippen LogP contribution in [-0.4, -0.2) is 50.1 Å². The topological polar surface area (TPSA) is 130 Å². The Morgan fingerprint density at radius 2 is 1.97 bits per heavy atom. The molecule has 3 rings (SSSR count). The van der Waals surface area contributed by atoms with Crippen molar-refractivity contribution in [2.24, 2.45) is 9.98 Å². The molecule has 0 fully saturated rings. The SMILES string of the molecule is CCOc1cc(CO)cc(C(=Nc2ccc(-c3noc(C)n3)cc2)C(=NC(=O)O)SC)c1. The minimum Gasteiger partial charge on any atom is -0.494 e. The largest absolute Gasteiger partial charge is 0.494 e. The van der Waals surface area contributed by atoms with Crippen molar-refractivity contribution >= 4 is 34.3 Å². The molecule has 10 heteroatoms. The molecular formula is C22H22N4O5S. The van der Waals surface area contributed by atoms with Crippen LogP contribution in [0.15, 0.2) is 57.0 Å². The van der Waals surface area contributed by atoms with Gasteiger partial charge in [-0.05, 0) is 61.2 Å². The molecule has 0 aliphatic heterocycles. The fourth-order valence-corrected chi connectivity index (χ4v) is 3.41. The van der Waals surface area contributed by atoms with Crippen LogP contribution >= 0.6 is 11.8 Å². The van der Waals surface area contributed by atoms with Crippen LogP contribution in [0, 0.1) is 6.92 Å². The number of aryl methyl sites for hydroxylation is 1. The summed E-state index contributed by atoms with van der Waals surface area (Å²) in [6.07, 6.45) is 0.395. The van der Waals surface area contributed by atoms with Gasteiger partial charge in [-0.3, -0.25) is 0 Å². The number of aliphatic imine (C=N–C) groups is 2. The van der Waals surface area contributed by atoms with Crippen LogP contribution in [0.1, 0.15) is 23.9 Å². The van der Waals surface area contributed by atoms with E-state index in [4.69, 9.17) is 9.26 Å². The van der Waals surface area contributed by atoms with E-state index in [1.807, 2.05) is 6.92 Å². The van der Waals surface area contributed by atoms with E-state index in [9.17, 15) is 15.0 Å². The Balaban J connectivity index is 2.10. The van der Waals surface area contributed by atoms with Crippen molar-refractivity contribution in [3.8, 4) is 17.1 Å². The molecule has 3 aromatic rings. The first-order valence-electron chi connectivity index (χ1n) is 9.67. The lowest BCUT2D eigenvalue weighted by molar-refractivity contribution is 0.206. The Hall–Kier alpha value is -3.50. The summed E-state index contributed by atoms with van der Waals surface area (Å²) in [6, 6.07) is 12.3. The van der Waals surface area contributed by atoms with E-state index in [0.29, 0.717) is 46.6 Å². The Kier molecular flexibility index (Phi) is 7.74. The first-order valence-corrected chi connectivity index (χ1v) is 10.9. The Morgan fingerprint density at radius 3 is 2.53 bits per heavy atom. The van der Waals surface area contributed by atoms with Crippen molar-refractivity contribution in [2.75, 3.05) is 12.9 Å². The second-order valence-corrected chi connectivity index (χ2v) is 7.30. The van der Waals surface area contributed by atoms with Gasteiger partial charge < -0.3 is 19.5 Å². The summed E-state index contributed by atoms with van der Waals surface area (Å²) in [5.41, 5.74) is 2.86. The zero-order valence-electron chi connectivity index (χ0n) is 17.8. The summed E-state index contributed by atoms with van der Waals surface area (Å²) in [4.78, 5) is 23.9. The second kappa shape index (κ2) is 10.7. The van der Waals surface area contributed by atoms with E-state index in [2.05, 4.69) is 20.1 Å². The third kappa shape index (κ3) is 5.80. The van der Waals surface area contributed by atoms with E-state index < -0.39 is 6.09 Å². The van der Waals surface area contributed by atoms with Crippen molar-refractivity contribution in [1.29, 1.82) is 0 Å². The van der Waals surface area contributed by atoms with Gasteiger partial charge >= 0.3 is 6.09 Å². The first kappa shape index (κ1) is 23.2. The molecule has 0 atom stereocenters. The predicted octanol–water partition coefficient (Wildman–Crippen LogP) is 4.50. The quantitative estimate of drug-likeness (QED) is 0.394. The van der Waals surface area contributed by atoms with Crippen LogP contribution in [0.5, 0.6) is 5.75 Å². The van der Waals surface area contributed by atoms with Gasteiger partial charge in [0.05, 0.1) is 18.9 Å². The number of aromatic nitrogens is 2. The van der Waals surface area contributed by atoms with Crippen molar-refractivity contribution in [3.63, 3.8) is 0 Å². The normalized spacial score (nSPS) is 12.1. The third-order valence-electron chi connectivity index (χ3n) is 4.22. The number of carbonyl (C=O) groups is 1. The predicted molar refractivity (Wildman–Crippen MR) is 123 cm³/mol. The van der Waals surface area contributed by atoms with Gasteiger partial charge in [-0.2, -0.15) is 9.98 Å². The number of ether oxygens (including phenoxy) is 1. The molecular weight excluding hydrogens is 432 g/mol. The number of amides is 1. The number of aliphatic hydroxyl groups is 1. The Bertz CT molecular complexity index is 1160. The average molecular weight is 455 g/mol. The number of rotatable bonds is 7. The van der Waals surface area contributed by atoms with Crippen molar-refractivity contribution in [1.82, 2.24) is 10.1 Å². The summed E-state index contributed by atoms with van der Waals surface area (Å²) in [7, 11) is 0. The molecule has 0 unspecified atom stereocenters. The molecule has 0 bridgehead atoms. The summed E-state index contributed by atoms with van der Waals surface area (Å²) in [6.45, 7) is 3.80. The summed E-state index contributed by atoms with van der Waals surface area (Å²) < 4.78 is 10.6. The number of benzene rings is 2. The van der Waals surface area contributed by atoms with Gasteiger partial charge in [0.25, 0.3) is 0 Å². The zero-order valence-corrected chi connectivity index (χ0v) is 18.6. The lowest BCUT2D eigenvalue weighted by Gasteiger charge is -2.12. The van der Waals surface area contributed by atoms with Gasteiger partial charge in [-0.15, -0.1) is 11.8 Å². The van der Waals surface area contributed by atoms with Gasteiger partial charge in [0.2, 0.25) is 11.7 Å². The molecule has 0 saturated heterocycles. The van der Waals surface area contributed by atoms with Crippen LogP contribution in [0.3, 0.4) is 0 Å². The van der Waals surface area contributed by atoms with Gasteiger partial charge in [0.15, 0.2) is 0 Å². The molecule has 0 spiro atoms. The Labute approximate surface area is 188 Å². The lowest BCUT2D eigenvalue weighted by atomic mass is 10.1. The summed E-state index contributed by atoms with van der Waals surface area (Å²) in [5, 5.41) is 23.0. The molecule has 2 N–H and O–H groups in total. The van der Waals surface area contributed by atoms with E-state index in [0.717, 1.165) is 17.3 Å². The maximum Gasteiger partial charge on any atom is 0.432 e. The highest BCUT2D eigenvalue weighted by Gasteiger charge is 2.16. The molecule has 2 aromatic carbocycles. The molecule has 0 aliphatic carbocycles. The fourth-order valence-electron chi connectivity index (χ4n) is 2.89. The van der Waals surface area contributed by atoms with E-state index >= 15 is 0 Å². The minimum absolute atomic E-state index is 0.204. The highest BCUT2D eigenvalue weighted by molar-refractivity contribution is 8.15. The number of hydrogen-bond donors (Lipinski definition) is 2. The maximum atomic E-state index is 11.3. The van der Waals surface area contributed by atoms with Gasteiger partial charge in [0.1, 0.15) is 16.5 Å². The molecule has 0 radical (unpaired) electrons. The molecule has 166 valence electrons. The summed E-state index contributed by atoms with van der Waals surface area (Å²) >= 11 is 1.16. The number of nitrogens with zero attached hydrogens (tertiary/aromatic N) is 4. The van der Waals surface area contributed by atoms with Gasteiger partial charge in [-0.1, -0.05) is 5.16 Å². The second-order valence-electron chi connectivity index (χ2n) is 6.50. The molecule has 1 amide bonds. The zero-order chi connectivity index (χ0) is 23.1. The van der Waals surface area contributed by atoms with Crippen LogP contribution in [0.2, 0.25) is 0 Å². The number of carboxylic acid groups (broad SMARTS) is 1. The molecule has 9 nitrogen and oxygen atoms in total. The van der Waals surface area contributed by atoms with E-state index in [1.165, 1.54) is 0 Å². The monoisotopic (exact) mass is 454 g/mol. The van der Waals surface area contributed by atoms with Crippen LogP contribution in [-0.2, 0) is 6.61 Å². The van der Waals surface area contributed by atoms with Gasteiger partial charge in [0, 0.05) is 18.1 Å². The van der Waals surface area contributed by atoms with E-state index in [1.54, 1.807) is 55.6 Å². The van der Waals surface area contributed by atoms with Crippen LogP contribution < -0.4 is 4.74 Å². The minimum atomic E-state index is -1.33. The van der Waals surface area contributed by atoms with Crippen molar-refractivity contribution in [3.05, 3.63) is 59.5 Å². The van der Waals surface area contributed by atoms with Crippen molar-refractivity contribution < 1.29 is 24.3 Å². The van der Waals surface area contributed by atoms with Crippen molar-refractivity contribution in [2.45, 2.75) is 20.5 Å². The standard InChI is InChI=1S/C22H22N4O5S/c1-4-30-18-10-14(12-27)9-16(11-18)19(21(32-3)25-22(28)29)24-17-7-5-15(6-8-17)20-23-13(2)31-26-20/h5-11,27H,4,12H2,1-3H3,(H,28,29). The first-order chi connectivity index (χ1) is 15.4. The molecule has 1 heterocycles. The molecule has 1 aromatic heterocycles. The lowest BCUT2D eigenvalue weighted by Crippen LogP contribution is -2.14. The smallest absolute Gasteiger partial charge is 0.432 e. The van der Waals surface area contributed by atoms with E-state index in [-0.39, 0.29) is 11.7 Å². The Morgan fingerprint density at radius 1 is 1.22 bits per heavy atom. The highest BCUT2D eigenvalue weighted by Crippen LogP contribution is 2.25. The van der Waals surface area contributed by atoms with Crippen LogP contribution in [0.25, 0.3) is 11.4 Å².